The van der Waals surface area contributed by atoms with Crippen molar-refractivity contribution in [3.8, 4) is 0 Å². The van der Waals surface area contributed by atoms with E-state index in [1.54, 1.807) is 0 Å². The summed E-state index contributed by atoms with van der Waals surface area (Å²) in [5.74, 6) is 0.471. The molecule has 0 aromatic heterocycles. The molecule has 1 aliphatic carbocycles. The number of rotatable bonds is 2. The molecule has 1 rings (SSSR count). The predicted molar refractivity (Wildman–Crippen MR) is 69.7 cm³/mol. The molecule has 1 saturated carbocycles. The van der Waals surface area contributed by atoms with Gasteiger partial charge in [0.25, 0.3) is 0 Å². The van der Waals surface area contributed by atoms with Crippen LogP contribution in [-0.4, -0.2) is 12.4 Å². The molecule has 0 saturated heterocycles. The van der Waals surface area contributed by atoms with Crippen LogP contribution in [-0.2, 0) is 0 Å². The molecule has 21 heavy (non-hydrogen) atoms. The minimum atomic E-state index is -5.33. The highest BCUT2D eigenvalue weighted by molar-refractivity contribution is 5.26. The van der Waals surface area contributed by atoms with E-state index in [1.165, 1.54) is 0 Å². The topological polar surface area (TPSA) is 0 Å². The van der Waals surface area contributed by atoms with Crippen LogP contribution in [0.5, 0.6) is 0 Å². The summed E-state index contributed by atoms with van der Waals surface area (Å²) in [7, 11) is 0. The van der Waals surface area contributed by atoms with E-state index in [0.717, 1.165) is 0 Å². The summed E-state index contributed by atoms with van der Waals surface area (Å²) in [6, 6.07) is 0. The Hall–Kier alpha value is -0.680. The second-order valence-electron chi connectivity index (χ2n) is 6.52. The lowest BCUT2D eigenvalue weighted by atomic mass is 9.60. The lowest BCUT2D eigenvalue weighted by Crippen LogP contribution is -2.37. The van der Waals surface area contributed by atoms with E-state index in [0.29, 0.717) is 12.8 Å². The smallest absolute Gasteiger partial charge is 0.166 e. The Morgan fingerprint density at radius 3 is 1.38 bits per heavy atom. The van der Waals surface area contributed by atoms with E-state index in [4.69, 9.17) is 0 Å². The molecule has 0 spiro atoms. The predicted octanol–water partition coefficient (Wildman–Crippen LogP) is 6.28. The molecular weight excluding hydrogens is 294 g/mol. The van der Waals surface area contributed by atoms with E-state index in [9.17, 15) is 26.3 Å². The molecular formula is C15H22F6. The Morgan fingerprint density at radius 2 is 1.14 bits per heavy atom. The lowest BCUT2D eigenvalue weighted by Gasteiger charge is -2.45. The zero-order valence-corrected chi connectivity index (χ0v) is 12.8. The van der Waals surface area contributed by atoms with Gasteiger partial charge in [0.15, 0.2) is 0 Å². The molecule has 0 bridgehead atoms. The summed E-state index contributed by atoms with van der Waals surface area (Å²) in [6.45, 7) is 7.96. The molecule has 1 fully saturated rings. The summed E-state index contributed by atoms with van der Waals surface area (Å²) in [6.07, 6.45) is -10.1. The molecule has 0 aromatic rings. The molecule has 0 nitrogen and oxygen atoms in total. The SMILES string of the molecule is CC(C)C1(C(C)C)CCC(=C(C(F)(F)F)C(F)(F)F)CC1. The Kier molecular flexibility index (Phi) is 5.11. The molecule has 124 valence electrons. The van der Waals surface area contributed by atoms with Crippen LogP contribution in [0.2, 0.25) is 0 Å². The van der Waals surface area contributed by atoms with Gasteiger partial charge in [-0.3, -0.25) is 0 Å². The molecule has 1 aliphatic rings. The van der Waals surface area contributed by atoms with Gasteiger partial charge in [0, 0.05) is 0 Å². The van der Waals surface area contributed by atoms with Crippen molar-refractivity contribution < 1.29 is 26.3 Å². The molecule has 0 radical (unpaired) electrons. The summed E-state index contributed by atoms with van der Waals surface area (Å²) >= 11 is 0. The first-order valence-electron chi connectivity index (χ1n) is 7.18. The van der Waals surface area contributed by atoms with Gasteiger partial charge in [-0.1, -0.05) is 33.3 Å². The Balaban J connectivity index is 3.14. The van der Waals surface area contributed by atoms with Gasteiger partial charge in [0.2, 0.25) is 0 Å². The van der Waals surface area contributed by atoms with Crippen LogP contribution in [0.15, 0.2) is 11.1 Å². The molecule has 0 N–H and O–H groups in total. The van der Waals surface area contributed by atoms with Crippen LogP contribution in [0.4, 0.5) is 26.3 Å². The second-order valence-corrected chi connectivity index (χ2v) is 6.52. The van der Waals surface area contributed by atoms with Gasteiger partial charge in [-0.05, 0) is 42.9 Å². The third-order valence-corrected chi connectivity index (χ3v) is 5.00. The first-order valence-corrected chi connectivity index (χ1v) is 7.18. The maximum Gasteiger partial charge on any atom is 0.421 e. The highest BCUT2D eigenvalue weighted by atomic mass is 19.4. The number of hydrogen-bond acceptors (Lipinski definition) is 0. The van der Waals surface area contributed by atoms with Crippen molar-refractivity contribution in [1.29, 1.82) is 0 Å². The number of alkyl halides is 6. The van der Waals surface area contributed by atoms with Crippen LogP contribution in [0.3, 0.4) is 0 Å². The van der Waals surface area contributed by atoms with Crippen LogP contribution >= 0.6 is 0 Å². The zero-order valence-electron chi connectivity index (χ0n) is 12.8. The average Bonchev–Trinajstić information content (AvgIpc) is 2.25. The minimum absolute atomic E-state index is 0.120. The number of allylic oxidation sites excluding steroid dienone is 2. The summed E-state index contributed by atoms with van der Waals surface area (Å²) in [4.78, 5) is 0. The van der Waals surface area contributed by atoms with Gasteiger partial charge in [-0.2, -0.15) is 26.3 Å². The Morgan fingerprint density at radius 1 is 0.810 bits per heavy atom. The molecule has 0 atom stereocenters. The van der Waals surface area contributed by atoms with E-state index in [2.05, 4.69) is 0 Å². The normalized spacial score (nSPS) is 20.3. The fourth-order valence-electron chi connectivity index (χ4n) is 3.65. The van der Waals surface area contributed by atoms with E-state index >= 15 is 0 Å². The number of hydrogen-bond donors (Lipinski definition) is 0. The number of halogens is 6. The Labute approximate surface area is 121 Å². The minimum Gasteiger partial charge on any atom is -0.166 e. The quantitative estimate of drug-likeness (QED) is 0.415. The van der Waals surface area contributed by atoms with Crippen LogP contribution in [0, 0.1) is 17.3 Å². The first-order chi connectivity index (χ1) is 9.32. The molecule has 0 heterocycles. The van der Waals surface area contributed by atoms with Crippen molar-refractivity contribution in [2.75, 3.05) is 0 Å². The largest absolute Gasteiger partial charge is 0.421 e. The summed E-state index contributed by atoms with van der Waals surface area (Å²) in [5, 5.41) is 0. The first kappa shape index (κ1) is 18.4. The average molecular weight is 316 g/mol. The van der Waals surface area contributed by atoms with E-state index < -0.39 is 23.5 Å². The van der Waals surface area contributed by atoms with Crippen molar-refractivity contribution in [2.24, 2.45) is 17.3 Å². The summed E-state index contributed by atoms with van der Waals surface area (Å²) in [5.41, 5.74) is -2.94. The van der Waals surface area contributed by atoms with Crippen molar-refractivity contribution in [3.05, 3.63) is 11.1 Å². The standard InChI is InChI=1S/C15H22F6/c1-9(2)13(10(3)4)7-5-11(6-8-13)12(14(16,17)18)15(19,20)21/h9-10H,5-8H2,1-4H3. The monoisotopic (exact) mass is 316 g/mol. The third kappa shape index (κ3) is 3.75. The van der Waals surface area contributed by atoms with Gasteiger partial charge < -0.3 is 0 Å². The molecule has 0 unspecified atom stereocenters. The molecule has 0 aromatic carbocycles. The lowest BCUT2D eigenvalue weighted by molar-refractivity contribution is -0.174. The van der Waals surface area contributed by atoms with Crippen molar-refractivity contribution in [3.63, 3.8) is 0 Å². The maximum absolute atomic E-state index is 12.7. The van der Waals surface area contributed by atoms with Crippen LogP contribution in [0.1, 0.15) is 53.4 Å². The van der Waals surface area contributed by atoms with Gasteiger partial charge in [0.05, 0.1) is 0 Å². The third-order valence-electron chi connectivity index (χ3n) is 5.00. The van der Waals surface area contributed by atoms with E-state index in [-0.39, 0.29) is 30.1 Å². The zero-order chi connectivity index (χ0) is 16.6. The molecule has 0 aliphatic heterocycles. The van der Waals surface area contributed by atoms with Crippen LogP contribution < -0.4 is 0 Å². The van der Waals surface area contributed by atoms with Crippen LogP contribution in [0.25, 0.3) is 0 Å². The van der Waals surface area contributed by atoms with Crippen molar-refractivity contribution >= 4 is 0 Å². The maximum atomic E-state index is 12.7. The van der Waals surface area contributed by atoms with Gasteiger partial charge in [-0.15, -0.1) is 0 Å². The highest BCUT2D eigenvalue weighted by Crippen LogP contribution is 2.52. The van der Waals surface area contributed by atoms with Gasteiger partial charge in [0.1, 0.15) is 5.57 Å². The van der Waals surface area contributed by atoms with Crippen molar-refractivity contribution in [1.82, 2.24) is 0 Å². The fraction of sp³-hybridized carbons (Fsp3) is 0.867. The molecule has 0 amide bonds. The molecule has 6 heteroatoms. The Bertz CT molecular complexity index is 361. The van der Waals surface area contributed by atoms with Gasteiger partial charge in [-0.25, -0.2) is 0 Å². The van der Waals surface area contributed by atoms with Gasteiger partial charge >= 0.3 is 12.4 Å². The fourth-order valence-corrected chi connectivity index (χ4v) is 3.65. The van der Waals surface area contributed by atoms with Crippen molar-refractivity contribution in [2.45, 2.75) is 65.7 Å². The second kappa shape index (κ2) is 5.84. The summed E-state index contributed by atoms with van der Waals surface area (Å²) < 4.78 is 76.4. The van der Waals surface area contributed by atoms with E-state index in [1.807, 2.05) is 27.7 Å². The highest BCUT2D eigenvalue weighted by Gasteiger charge is 2.53.